The third-order valence-corrected chi connectivity index (χ3v) is 1.60. The normalized spacial score (nSPS) is 10.2. The fourth-order valence-corrected chi connectivity index (χ4v) is 0.775. The summed E-state index contributed by atoms with van der Waals surface area (Å²) in [4.78, 5) is 0. The molecular formula is C6H12OSi. The monoisotopic (exact) mass is 128 g/mol. The van der Waals surface area contributed by atoms with Crippen molar-refractivity contribution in [3.63, 3.8) is 0 Å². The number of terminal acetylenes is 1. The van der Waals surface area contributed by atoms with E-state index >= 15 is 0 Å². The number of ether oxygens (including phenoxy) is 1. The van der Waals surface area contributed by atoms with E-state index in [1.165, 1.54) is 0 Å². The van der Waals surface area contributed by atoms with Gasteiger partial charge in [0.2, 0.25) is 0 Å². The molecule has 0 rings (SSSR count). The summed E-state index contributed by atoms with van der Waals surface area (Å²) in [5.41, 5.74) is 0. The molecule has 0 fully saturated rings. The molecule has 0 N–H and O–H groups in total. The zero-order chi connectivity index (χ0) is 6.62. The predicted octanol–water partition coefficient (Wildman–Crippen LogP) is 1.47. The summed E-state index contributed by atoms with van der Waals surface area (Å²) >= 11 is 0. The number of hydrogen-bond donors (Lipinski definition) is 0. The highest BCUT2D eigenvalue weighted by Gasteiger charge is 2.12. The SMILES string of the molecule is C#COC[Si](C)(C)C. The first-order valence-electron chi connectivity index (χ1n) is 2.64. The van der Waals surface area contributed by atoms with Gasteiger partial charge >= 0.3 is 0 Å². The second-order valence-electron chi connectivity index (χ2n) is 2.97. The van der Waals surface area contributed by atoms with Gasteiger partial charge in [-0.15, -0.1) is 0 Å². The van der Waals surface area contributed by atoms with Gasteiger partial charge in [0, 0.05) is 0 Å². The average Bonchev–Trinajstić information content (AvgIpc) is 1.59. The molecule has 0 atom stereocenters. The van der Waals surface area contributed by atoms with Crippen LogP contribution in [0.5, 0.6) is 0 Å². The van der Waals surface area contributed by atoms with E-state index in [0.29, 0.717) is 0 Å². The van der Waals surface area contributed by atoms with Gasteiger partial charge in [-0.05, 0) is 0 Å². The van der Waals surface area contributed by atoms with E-state index in [1.807, 2.05) is 0 Å². The Balaban J connectivity index is 3.28. The topological polar surface area (TPSA) is 9.23 Å². The highest BCUT2D eigenvalue weighted by Crippen LogP contribution is 1.98. The van der Waals surface area contributed by atoms with Crippen LogP contribution in [0.4, 0.5) is 0 Å². The predicted molar refractivity (Wildman–Crippen MR) is 38.1 cm³/mol. The van der Waals surface area contributed by atoms with E-state index < -0.39 is 8.07 Å². The molecule has 0 amide bonds. The first-order chi connectivity index (χ1) is 3.56. The van der Waals surface area contributed by atoms with Crippen molar-refractivity contribution >= 4 is 8.07 Å². The van der Waals surface area contributed by atoms with Crippen molar-refractivity contribution in [1.29, 1.82) is 0 Å². The van der Waals surface area contributed by atoms with E-state index in [0.717, 1.165) is 6.23 Å². The molecule has 46 valence electrons. The minimum Gasteiger partial charge on any atom is -0.451 e. The summed E-state index contributed by atoms with van der Waals surface area (Å²) in [6.45, 7) is 6.64. The molecule has 2 heteroatoms. The van der Waals surface area contributed by atoms with Crippen molar-refractivity contribution in [2.24, 2.45) is 0 Å². The Labute approximate surface area is 52.1 Å². The Morgan fingerprint density at radius 2 is 2.00 bits per heavy atom. The van der Waals surface area contributed by atoms with Crippen LogP contribution in [0.3, 0.4) is 0 Å². The summed E-state index contributed by atoms with van der Waals surface area (Å²) in [7, 11) is -1.04. The van der Waals surface area contributed by atoms with E-state index in [-0.39, 0.29) is 0 Å². The Hall–Kier alpha value is -0.423. The average molecular weight is 128 g/mol. The molecule has 0 radical (unpaired) electrons. The van der Waals surface area contributed by atoms with Gasteiger partial charge in [-0.1, -0.05) is 26.1 Å². The first kappa shape index (κ1) is 7.58. The molecule has 0 aromatic rings. The van der Waals surface area contributed by atoms with Crippen molar-refractivity contribution in [3.05, 3.63) is 0 Å². The highest BCUT2D eigenvalue weighted by atomic mass is 28.3. The van der Waals surface area contributed by atoms with Crippen LogP contribution in [0.1, 0.15) is 0 Å². The van der Waals surface area contributed by atoms with E-state index in [1.54, 1.807) is 0 Å². The largest absolute Gasteiger partial charge is 0.451 e. The van der Waals surface area contributed by atoms with Crippen LogP contribution in [0.2, 0.25) is 19.6 Å². The minimum atomic E-state index is -1.04. The molecule has 0 aromatic heterocycles. The minimum absolute atomic E-state index is 0.767. The molecule has 0 aliphatic carbocycles. The van der Waals surface area contributed by atoms with Crippen LogP contribution in [-0.4, -0.2) is 14.3 Å². The number of hydrogen-bond acceptors (Lipinski definition) is 1. The van der Waals surface area contributed by atoms with Crippen molar-refractivity contribution in [2.45, 2.75) is 19.6 Å². The summed E-state index contributed by atoms with van der Waals surface area (Å²) in [5.74, 6) is 0. The van der Waals surface area contributed by atoms with Crippen LogP contribution in [0.25, 0.3) is 0 Å². The molecular weight excluding hydrogens is 116 g/mol. The fourth-order valence-electron chi connectivity index (χ4n) is 0.258. The van der Waals surface area contributed by atoms with Gasteiger partial charge in [0.25, 0.3) is 0 Å². The lowest BCUT2D eigenvalue weighted by Gasteiger charge is -2.11. The maximum atomic E-state index is 4.89. The highest BCUT2D eigenvalue weighted by molar-refractivity contribution is 6.76. The van der Waals surface area contributed by atoms with Gasteiger partial charge in [0.1, 0.15) is 6.11 Å². The molecule has 0 aromatic carbocycles. The van der Waals surface area contributed by atoms with Crippen LogP contribution < -0.4 is 0 Å². The Morgan fingerprint density at radius 1 is 1.50 bits per heavy atom. The van der Waals surface area contributed by atoms with E-state index in [4.69, 9.17) is 11.2 Å². The second kappa shape index (κ2) is 2.78. The zero-order valence-electron chi connectivity index (χ0n) is 5.69. The molecule has 0 saturated heterocycles. The van der Waals surface area contributed by atoms with Gasteiger partial charge in [0.15, 0.2) is 0 Å². The maximum absolute atomic E-state index is 4.89. The van der Waals surface area contributed by atoms with Crippen LogP contribution >= 0.6 is 0 Å². The number of rotatable bonds is 2. The van der Waals surface area contributed by atoms with Gasteiger partial charge < -0.3 is 4.74 Å². The van der Waals surface area contributed by atoms with E-state index in [2.05, 4.69) is 25.7 Å². The molecule has 1 nitrogen and oxygen atoms in total. The molecule has 0 spiro atoms. The molecule has 0 aliphatic heterocycles. The van der Waals surface area contributed by atoms with Crippen molar-refractivity contribution in [1.82, 2.24) is 0 Å². The quantitative estimate of drug-likeness (QED) is 0.404. The van der Waals surface area contributed by atoms with Crippen molar-refractivity contribution in [3.8, 4) is 12.5 Å². The van der Waals surface area contributed by atoms with E-state index in [9.17, 15) is 0 Å². The summed E-state index contributed by atoms with van der Waals surface area (Å²) < 4.78 is 4.79. The van der Waals surface area contributed by atoms with Gasteiger partial charge in [-0.25, -0.2) is 0 Å². The molecule has 8 heavy (non-hydrogen) atoms. The van der Waals surface area contributed by atoms with Crippen molar-refractivity contribution in [2.75, 3.05) is 6.23 Å². The summed E-state index contributed by atoms with van der Waals surface area (Å²) in [6.07, 6.45) is 7.81. The molecule has 0 heterocycles. The molecule has 0 saturated carbocycles. The van der Waals surface area contributed by atoms with Crippen LogP contribution in [0, 0.1) is 12.5 Å². The Kier molecular flexibility index (Phi) is 2.63. The molecule has 0 bridgehead atoms. The Bertz CT molecular complexity index is 96.1. The standard InChI is InChI=1S/C6H12OSi/c1-5-7-6-8(2,3)4/h1H,6H2,2-4H3. The lowest BCUT2D eigenvalue weighted by molar-refractivity contribution is 0.336. The lowest BCUT2D eigenvalue weighted by Crippen LogP contribution is -2.26. The first-order valence-corrected chi connectivity index (χ1v) is 6.34. The van der Waals surface area contributed by atoms with Gasteiger partial charge in [-0.3, -0.25) is 0 Å². The smallest absolute Gasteiger partial charge is 0.106 e. The second-order valence-corrected chi connectivity index (χ2v) is 8.38. The summed E-state index contributed by atoms with van der Waals surface area (Å²) in [5, 5.41) is 0. The third-order valence-electron chi connectivity index (χ3n) is 0.589. The maximum Gasteiger partial charge on any atom is 0.106 e. The molecule has 0 aliphatic rings. The van der Waals surface area contributed by atoms with Gasteiger partial charge in [-0.2, -0.15) is 0 Å². The zero-order valence-corrected chi connectivity index (χ0v) is 6.69. The summed E-state index contributed by atoms with van der Waals surface area (Å²) in [6, 6.07) is 0. The van der Waals surface area contributed by atoms with Crippen LogP contribution in [0.15, 0.2) is 0 Å². The van der Waals surface area contributed by atoms with Gasteiger partial charge in [0.05, 0.1) is 14.3 Å². The molecule has 0 unspecified atom stereocenters. The third kappa shape index (κ3) is 5.58. The fraction of sp³-hybridized carbons (Fsp3) is 0.667. The lowest BCUT2D eigenvalue weighted by atomic mass is 11.3. The van der Waals surface area contributed by atoms with Crippen LogP contribution in [-0.2, 0) is 4.74 Å². The Morgan fingerprint density at radius 3 is 2.12 bits per heavy atom. The van der Waals surface area contributed by atoms with Crippen molar-refractivity contribution < 1.29 is 4.74 Å².